The highest BCUT2D eigenvalue weighted by Crippen LogP contribution is 2.45. The van der Waals surface area contributed by atoms with Gasteiger partial charge in [-0.05, 0) is 47.5 Å². The van der Waals surface area contributed by atoms with Crippen molar-refractivity contribution in [1.29, 1.82) is 0 Å². The van der Waals surface area contributed by atoms with Crippen molar-refractivity contribution < 1.29 is 59.3 Å². The first-order valence-electron chi connectivity index (χ1n) is 16.3. The molecule has 1 aliphatic heterocycles. The fourth-order valence-corrected chi connectivity index (χ4v) is 6.62. The fraction of sp³-hybridized carbons (Fsp3) is 0.400. The molecule has 1 N–H and O–H groups in total. The van der Waals surface area contributed by atoms with Gasteiger partial charge in [-0.25, -0.2) is 4.39 Å². The first-order chi connectivity index (χ1) is 24.5. The lowest BCUT2D eigenvalue weighted by molar-refractivity contribution is -0.984. The zero-order valence-corrected chi connectivity index (χ0v) is 27.9. The van der Waals surface area contributed by atoms with Gasteiger partial charge in [0.15, 0.2) is 0 Å². The van der Waals surface area contributed by atoms with E-state index in [4.69, 9.17) is 4.74 Å². The molecule has 3 aromatic carbocycles. The summed E-state index contributed by atoms with van der Waals surface area (Å²) in [5.74, 6) is -1.81. The summed E-state index contributed by atoms with van der Waals surface area (Å²) in [5.41, 5.74) is 0.0394. The number of carbonyl (C=O) groups excluding carboxylic acids is 1. The van der Waals surface area contributed by atoms with Crippen molar-refractivity contribution in [2.75, 3.05) is 19.8 Å². The number of aryl methyl sites for hydroxylation is 1. The molecule has 0 spiro atoms. The number of likely N-dealkylation sites (tertiary alicyclic amines) is 1. The minimum absolute atomic E-state index is 0.0271. The van der Waals surface area contributed by atoms with Gasteiger partial charge in [-0.15, -0.1) is 36.5 Å². The monoisotopic (exact) mass is 739 g/mol. The van der Waals surface area contributed by atoms with Crippen LogP contribution in [0.5, 0.6) is 11.5 Å². The molecule has 10 nitrogen and oxygen atoms in total. The Morgan fingerprint density at radius 2 is 1.42 bits per heavy atom. The van der Waals surface area contributed by atoms with E-state index >= 15 is 0 Å². The lowest BCUT2D eigenvalue weighted by atomic mass is 9.71. The van der Waals surface area contributed by atoms with Crippen molar-refractivity contribution in [3.63, 3.8) is 0 Å². The van der Waals surface area contributed by atoms with E-state index in [0.29, 0.717) is 43.9 Å². The number of aliphatic hydroxyl groups is 1. The molecule has 1 atom stereocenters. The molecule has 1 radical (unpaired) electrons. The van der Waals surface area contributed by atoms with Gasteiger partial charge in [0.2, 0.25) is 12.1 Å². The largest absolute Gasteiger partial charge is 0.573 e. The number of tetrazole rings is 1. The van der Waals surface area contributed by atoms with Gasteiger partial charge in [-0.2, -0.15) is 4.80 Å². The number of benzene rings is 3. The maximum atomic E-state index is 12.9. The molecule has 52 heavy (non-hydrogen) atoms. The number of quaternary nitrogens is 1. The van der Waals surface area contributed by atoms with Gasteiger partial charge in [0, 0.05) is 43.2 Å². The van der Waals surface area contributed by atoms with Gasteiger partial charge >= 0.3 is 18.7 Å². The SMILES string of the molecule is [CH2]CC(=O)OC(C)[N+]1(Cc2ccc(-c3nnn(CCF)n3)cc2)CCC(C(O)(c2ccc(OC(F)(F)F)cc2)c2ccc(OC(F)(F)F)cc2)CC1. The smallest absolute Gasteiger partial charge is 0.413 e. The van der Waals surface area contributed by atoms with E-state index in [1.165, 1.54) is 24.3 Å². The second-order valence-electron chi connectivity index (χ2n) is 12.4. The van der Waals surface area contributed by atoms with E-state index in [0.717, 1.165) is 34.6 Å². The third kappa shape index (κ3) is 9.17. The second-order valence-corrected chi connectivity index (χ2v) is 12.4. The molecular formula is C35H36F7N5O5+. The molecule has 279 valence electrons. The Kier molecular flexibility index (Phi) is 11.4. The number of piperidine rings is 1. The molecule has 1 saturated heterocycles. The quantitative estimate of drug-likeness (QED) is 0.0899. The van der Waals surface area contributed by atoms with Crippen molar-refractivity contribution in [2.24, 2.45) is 5.92 Å². The normalized spacial score (nSPS) is 18.8. The molecule has 4 aromatic rings. The Labute approximate surface area is 294 Å². The molecule has 5 rings (SSSR count). The fourth-order valence-electron chi connectivity index (χ4n) is 6.62. The number of hydrogen-bond donors (Lipinski definition) is 1. The van der Waals surface area contributed by atoms with Crippen molar-refractivity contribution in [2.45, 2.75) is 63.8 Å². The summed E-state index contributed by atoms with van der Waals surface area (Å²) in [7, 11) is 0. The molecular weight excluding hydrogens is 703 g/mol. The summed E-state index contributed by atoms with van der Waals surface area (Å²) in [5, 5.41) is 24.5. The van der Waals surface area contributed by atoms with Crippen LogP contribution in [0.4, 0.5) is 30.7 Å². The summed E-state index contributed by atoms with van der Waals surface area (Å²) in [6.07, 6.45) is -10.0. The van der Waals surface area contributed by atoms with E-state index in [9.17, 15) is 40.6 Å². The van der Waals surface area contributed by atoms with Crippen molar-refractivity contribution in [3.05, 3.63) is 96.4 Å². The topological polar surface area (TPSA) is 109 Å². The molecule has 17 heteroatoms. The third-order valence-corrected chi connectivity index (χ3v) is 9.22. The van der Waals surface area contributed by atoms with Crippen LogP contribution in [-0.2, 0) is 28.2 Å². The van der Waals surface area contributed by atoms with Crippen molar-refractivity contribution in [1.82, 2.24) is 20.2 Å². The lowest BCUT2D eigenvalue weighted by Crippen LogP contribution is -2.60. The summed E-state index contributed by atoms with van der Waals surface area (Å²) >= 11 is 0. The molecule has 0 bridgehead atoms. The van der Waals surface area contributed by atoms with E-state index in [-0.39, 0.29) is 28.6 Å². The number of esters is 1. The van der Waals surface area contributed by atoms with Gasteiger partial charge in [-0.3, -0.25) is 9.28 Å². The number of rotatable bonds is 13. The highest BCUT2D eigenvalue weighted by atomic mass is 19.4. The van der Waals surface area contributed by atoms with Crippen LogP contribution in [0.15, 0.2) is 72.8 Å². The number of nitrogens with zero attached hydrogens (tertiary/aromatic N) is 5. The van der Waals surface area contributed by atoms with E-state index < -0.39 is 54.6 Å². The second kappa shape index (κ2) is 15.5. The molecule has 1 aromatic heterocycles. The number of alkyl halides is 7. The molecule has 0 amide bonds. The van der Waals surface area contributed by atoms with Crippen LogP contribution in [-0.4, -0.2) is 74.5 Å². The van der Waals surface area contributed by atoms with Crippen molar-refractivity contribution in [3.8, 4) is 22.9 Å². The highest BCUT2D eigenvalue weighted by Gasteiger charge is 2.48. The van der Waals surface area contributed by atoms with E-state index in [1.807, 2.05) is 12.1 Å². The van der Waals surface area contributed by atoms with Gasteiger partial charge in [0.25, 0.3) is 0 Å². The number of halogens is 7. The Hall–Kier alpha value is -4.77. The Morgan fingerprint density at radius 3 is 1.88 bits per heavy atom. The predicted molar refractivity (Wildman–Crippen MR) is 170 cm³/mol. The Balaban J connectivity index is 1.44. The standard InChI is InChI=1S/C35H36F7N5O5/c1-3-31(48)50-23(2)47(22-24-4-6-25(7-5-24)32-43-45-46(44-32)19-18-36)20-16-28(17-21-47)33(49,26-8-12-29(13-9-26)51-34(37,38)39)27-10-14-30(15-11-27)52-35(40,41)42/h4-15,23,28,49H,1,3,16-22H2,2H3/q+1. The average Bonchev–Trinajstić information content (AvgIpc) is 3.56. The van der Waals surface area contributed by atoms with Crippen molar-refractivity contribution >= 4 is 5.97 Å². The van der Waals surface area contributed by atoms with Gasteiger partial charge < -0.3 is 19.3 Å². The van der Waals surface area contributed by atoms with Crippen LogP contribution in [0.1, 0.15) is 42.9 Å². The zero-order chi connectivity index (χ0) is 37.7. The first kappa shape index (κ1) is 38.5. The van der Waals surface area contributed by atoms with Gasteiger partial charge in [0.05, 0.1) is 19.6 Å². The molecule has 0 aliphatic carbocycles. The molecule has 2 heterocycles. The van der Waals surface area contributed by atoms with Crippen LogP contribution in [0.3, 0.4) is 0 Å². The Bertz CT molecular complexity index is 1710. The number of hydrogen-bond acceptors (Lipinski definition) is 8. The minimum atomic E-state index is -4.95. The van der Waals surface area contributed by atoms with Crippen LogP contribution in [0, 0.1) is 12.8 Å². The lowest BCUT2D eigenvalue weighted by Gasteiger charge is -2.49. The highest BCUT2D eigenvalue weighted by molar-refractivity contribution is 5.69. The molecule has 0 saturated carbocycles. The number of aromatic nitrogens is 4. The number of carbonyl (C=O) groups is 1. The summed E-state index contributed by atoms with van der Waals surface area (Å²) in [4.78, 5) is 13.5. The zero-order valence-electron chi connectivity index (χ0n) is 27.9. The molecule has 1 unspecified atom stereocenters. The van der Waals surface area contributed by atoms with Crippen LogP contribution >= 0.6 is 0 Å². The average molecular weight is 740 g/mol. The first-order valence-corrected chi connectivity index (χ1v) is 16.3. The summed E-state index contributed by atoms with van der Waals surface area (Å²) in [6, 6.07) is 16.6. The third-order valence-electron chi connectivity index (χ3n) is 9.22. The van der Waals surface area contributed by atoms with Crippen LogP contribution < -0.4 is 9.47 Å². The molecule has 1 fully saturated rings. The van der Waals surface area contributed by atoms with E-state index in [2.05, 4.69) is 31.8 Å². The summed E-state index contributed by atoms with van der Waals surface area (Å²) in [6.45, 7) is 5.83. The van der Waals surface area contributed by atoms with Gasteiger partial charge in [0.1, 0.15) is 30.3 Å². The minimum Gasteiger partial charge on any atom is -0.413 e. The summed E-state index contributed by atoms with van der Waals surface area (Å²) < 4.78 is 104. The molecule has 1 aliphatic rings. The number of ether oxygens (including phenoxy) is 3. The van der Waals surface area contributed by atoms with Crippen LogP contribution in [0.25, 0.3) is 11.4 Å². The maximum absolute atomic E-state index is 12.9. The van der Waals surface area contributed by atoms with E-state index in [1.54, 1.807) is 19.1 Å². The van der Waals surface area contributed by atoms with Gasteiger partial charge in [-0.1, -0.05) is 48.5 Å². The van der Waals surface area contributed by atoms with Crippen LogP contribution in [0.2, 0.25) is 0 Å². The Morgan fingerprint density at radius 1 is 0.904 bits per heavy atom. The maximum Gasteiger partial charge on any atom is 0.573 e. The predicted octanol–water partition coefficient (Wildman–Crippen LogP) is 6.88.